The van der Waals surface area contributed by atoms with Gasteiger partial charge < -0.3 is 5.32 Å². The molecule has 2 rings (SSSR count). The number of rotatable bonds is 3. The van der Waals surface area contributed by atoms with Crippen LogP contribution in [0.15, 0.2) is 36.5 Å². The van der Waals surface area contributed by atoms with E-state index in [1.165, 1.54) is 6.07 Å². The van der Waals surface area contributed by atoms with Crippen LogP contribution in [0.5, 0.6) is 0 Å². The highest BCUT2D eigenvalue weighted by Crippen LogP contribution is 2.23. The van der Waals surface area contributed by atoms with Gasteiger partial charge in [0.15, 0.2) is 0 Å². The molecule has 0 radical (unpaired) electrons. The van der Waals surface area contributed by atoms with Crippen molar-refractivity contribution in [3.05, 3.63) is 52.9 Å². The van der Waals surface area contributed by atoms with E-state index in [-0.39, 0.29) is 5.02 Å². The predicted molar refractivity (Wildman–Crippen MR) is 67.4 cm³/mol. The lowest BCUT2D eigenvalue weighted by Crippen LogP contribution is -2.05. The summed E-state index contributed by atoms with van der Waals surface area (Å²) in [5, 5.41) is 3.18. The van der Waals surface area contributed by atoms with Crippen molar-refractivity contribution in [1.82, 2.24) is 10.3 Å². The Morgan fingerprint density at radius 2 is 2.12 bits per heavy atom. The van der Waals surface area contributed by atoms with Crippen molar-refractivity contribution < 1.29 is 4.39 Å². The zero-order chi connectivity index (χ0) is 12.3. The summed E-state index contributed by atoms with van der Waals surface area (Å²) >= 11 is 5.75. The highest BCUT2D eigenvalue weighted by Gasteiger charge is 2.04. The second kappa shape index (κ2) is 5.25. The summed E-state index contributed by atoms with van der Waals surface area (Å²) in [5.41, 5.74) is 2.73. The largest absolute Gasteiger partial charge is 0.316 e. The van der Waals surface area contributed by atoms with Crippen LogP contribution >= 0.6 is 11.6 Å². The lowest BCUT2D eigenvalue weighted by molar-refractivity contribution is 0.628. The van der Waals surface area contributed by atoms with E-state index >= 15 is 0 Å². The molecule has 1 heterocycles. The Balaban J connectivity index is 2.38. The highest BCUT2D eigenvalue weighted by atomic mass is 35.5. The molecule has 1 N–H and O–H groups in total. The van der Waals surface area contributed by atoms with Crippen LogP contribution in [0.3, 0.4) is 0 Å². The lowest BCUT2D eigenvalue weighted by atomic mass is 10.1. The number of halogens is 2. The normalized spacial score (nSPS) is 10.5. The van der Waals surface area contributed by atoms with E-state index < -0.39 is 5.82 Å². The standard InChI is InChI=1S/C13H12ClFN2/c1-16-8-9-4-5-17-13(6-9)10-2-3-12(15)11(14)7-10/h2-7,16H,8H2,1H3. The second-order valence-corrected chi connectivity index (χ2v) is 4.12. The molecule has 0 aliphatic rings. The van der Waals surface area contributed by atoms with Crippen LogP contribution in [0.25, 0.3) is 11.3 Å². The van der Waals surface area contributed by atoms with Crippen LogP contribution in [0.2, 0.25) is 5.02 Å². The molecule has 0 aliphatic heterocycles. The fraction of sp³-hybridized carbons (Fsp3) is 0.154. The molecule has 1 aromatic carbocycles. The molecular formula is C13H12ClFN2. The van der Waals surface area contributed by atoms with Gasteiger partial charge in [0.25, 0.3) is 0 Å². The minimum absolute atomic E-state index is 0.114. The first-order valence-electron chi connectivity index (χ1n) is 5.25. The molecule has 0 saturated carbocycles. The summed E-state index contributed by atoms with van der Waals surface area (Å²) in [7, 11) is 1.88. The van der Waals surface area contributed by atoms with E-state index in [4.69, 9.17) is 11.6 Å². The van der Waals surface area contributed by atoms with Crippen LogP contribution in [-0.2, 0) is 6.54 Å². The summed E-state index contributed by atoms with van der Waals surface area (Å²) in [6.07, 6.45) is 1.74. The maximum absolute atomic E-state index is 13.1. The Kier molecular flexibility index (Phi) is 3.71. The smallest absolute Gasteiger partial charge is 0.141 e. The zero-order valence-electron chi connectivity index (χ0n) is 9.37. The Hall–Kier alpha value is -1.45. The molecule has 2 nitrogen and oxygen atoms in total. The topological polar surface area (TPSA) is 24.9 Å². The zero-order valence-corrected chi connectivity index (χ0v) is 10.1. The van der Waals surface area contributed by atoms with Crippen molar-refractivity contribution in [1.29, 1.82) is 0 Å². The van der Waals surface area contributed by atoms with Gasteiger partial charge in [0, 0.05) is 18.3 Å². The van der Waals surface area contributed by atoms with Crippen molar-refractivity contribution >= 4 is 11.6 Å². The van der Waals surface area contributed by atoms with Crippen molar-refractivity contribution in [3.63, 3.8) is 0 Å². The lowest BCUT2D eigenvalue weighted by Gasteiger charge is -2.05. The number of aromatic nitrogens is 1. The number of benzene rings is 1. The van der Waals surface area contributed by atoms with E-state index in [0.29, 0.717) is 0 Å². The van der Waals surface area contributed by atoms with Crippen molar-refractivity contribution in [2.75, 3.05) is 7.05 Å². The predicted octanol–water partition coefficient (Wildman–Crippen LogP) is 3.26. The average Bonchev–Trinajstić information content (AvgIpc) is 2.33. The van der Waals surface area contributed by atoms with E-state index in [2.05, 4.69) is 10.3 Å². The molecule has 4 heteroatoms. The third-order valence-electron chi connectivity index (χ3n) is 2.42. The van der Waals surface area contributed by atoms with Crippen LogP contribution in [0.4, 0.5) is 4.39 Å². The minimum Gasteiger partial charge on any atom is -0.316 e. The van der Waals surface area contributed by atoms with Gasteiger partial charge >= 0.3 is 0 Å². The van der Waals surface area contributed by atoms with Gasteiger partial charge in [-0.15, -0.1) is 0 Å². The molecule has 88 valence electrons. The van der Waals surface area contributed by atoms with Gasteiger partial charge in [-0.25, -0.2) is 4.39 Å². The van der Waals surface area contributed by atoms with Crippen LogP contribution in [0, 0.1) is 5.82 Å². The van der Waals surface area contributed by atoms with Gasteiger partial charge in [-0.05, 0) is 42.9 Å². The first-order chi connectivity index (χ1) is 8.20. The molecule has 17 heavy (non-hydrogen) atoms. The third kappa shape index (κ3) is 2.81. The fourth-order valence-electron chi connectivity index (χ4n) is 1.60. The van der Waals surface area contributed by atoms with Crippen molar-refractivity contribution in [2.45, 2.75) is 6.54 Å². The molecule has 0 fully saturated rings. The van der Waals surface area contributed by atoms with E-state index in [9.17, 15) is 4.39 Å². The number of hydrogen-bond donors (Lipinski definition) is 1. The maximum atomic E-state index is 13.1. The molecule has 0 bridgehead atoms. The Morgan fingerprint density at radius 1 is 1.29 bits per heavy atom. The summed E-state index contributed by atoms with van der Waals surface area (Å²) < 4.78 is 13.1. The van der Waals surface area contributed by atoms with Gasteiger partial charge in [-0.3, -0.25) is 4.98 Å². The van der Waals surface area contributed by atoms with Gasteiger partial charge in [-0.1, -0.05) is 11.6 Å². The highest BCUT2D eigenvalue weighted by molar-refractivity contribution is 6.31. The van der Waals surface area contributed by atoms with Gasteiger partial charge in [-0.2, -0.15) is 0 Å². The van der Waals surface area contributed by atoms with E-state index in [0.717, 1.165) is 23.4 Å². The number of nitrogens with one attached hydrogen (secondary N) is 1. The van der Waals surface area contributed by atoms with Crippen LogP contribution in [0.1, 0.15) is 5.56 Å². The first-order valence-corrected chi connectivity index (χ1v) is 5.63. The molecular weight excluding hydrogens is 239 g/mol. The monoisotopic (exact) mass is 250 g/mol. The molecule has 0 saturated heterocycles. The van der Waals surface area contributed by atoms with Gasteiger partial charge in [0.2, 0.25) is 0 Å². The molecule has 0 aliphatic carbocycles. The molecule has 0 atom stereocenters. The molecule has 1 aromatic heterocycles. The van der Waals surface area contributed by atoms with Gasteiger partial charge in [0.05, 0.1) is 10.7 Å². The Morgan fingerprint density at radius 3 is 2.82 bits per heavy atom. The minimum atomic E-state index is -0.415. The van der Waals surface area contributed by atoms with Gasteiger partial charge in [0.1, 0.15) is 5.82 Å². The summed E-state index contributed by atoms with van der Waals surface area (Å²) in [5.74, 6) is -0.415. The molecule has 0 unspecified atom stereocenters. The molecule has 0 spiro atoms. The second-order valence-electron chi connectivity index (χ2n) is 3.71. The Labute approximate surface area is 104 Å². The summed E-state index contributed by atoms with van der Waals surface area (Å²) in [4.78, 5) is 4.25. The number of nitrogens with zero attached hydrogens (tertiary/aromatic N) is 1. The summed E-state index contributed by atoms with van der Waals surface area (Å²) in [6.45, 7) is 0.768. The SMILES string of the molecule is CNCc1ccnc(-c2ccc(F)c(Cl)c2)c1. The van der Waals surface area contributed by atoms with E-state index in [1.807, 2.05) is 19.2 Å². The fourth-order valence-corrected chi connectivity index (χ4v) is 1.78. The quantitative estimate of drug-likeness (QED) is 0.905. The van der Waals surface area contributed by atoms with Crippen molar-refractivity contribution in [3.8, 4) is 11.3 Å². The average molecular weight is 251 g/mol. The first kappa shape index (κ1) is 12.0. The van der Waals surface area contributed by atoms with Crippen LogP contribution < -0.4 is 5.32 Å². The number of pyridine rings is 1. The maximum Gasteiger partial charge on any atom is 0.141 e. The molecule has 0 amide bonds. The van der Waals surface area contributed by atoms with Crippen molar-refractivity contribution in [2.24, 2.45) is 0 Å². The summed E-state index contributed by atoms with van der Waals surface area (Å²) in [6, 6.07) is 8.50. The van der Waals surface area contributed by atoms with Crippen LogP contribution in [-0.4, -0.2) is 12.0 Å². The van der Waals surface area contributed by atoms with E-state index in [1.54, 1.807) is 18.3 Å². The number of hydrogen-bond acceptors (Lipinski definition) is 2. The molecule has 2 aromatic rings. The Bertz CT molecular complexity index is 529. The third-order valence-corrected chi connectivity index (χ3v) is 2.71.